The van der Waals surface area contributed by atoms with Crippen LogP contribution in [0.15, 0.2) is 28.0 Å². The van der Waals surface area contributed by atoms with Crippen LogP contribution in [-0.2, 0) is 19.9 Å². The molecule has 2 N–H and O–H groups in total. The molecule has 0 saturated carbocycles. The molecule has 1 heterocycles. The fraction of sp³-hybridized carbons (Fsp3) is 0.538. The Balaban J connectivity index is 2.48. The molecule has 1 saturated heterocycles. The average Bonchev–Trinajstić information content (AvgIpc) is 2.66. The molecule has 0 aromatic heterocycles. The second kappa shape index (κ2) is 5.94. The number of nitrogens with two attached hydrogens (primary N) is 1. The average molecular weight is 332 g/mol. The highest BCUT2D eigenvalue weighted by molar-refractivity contribution is 7.91. The number of nitrogens with zero attached hydrogens (tertiary/aromatic N) is 1. The lowest BCUT2D eigenvalue weighted by atomic mass is 10.2. The molecule has 2 rings (SSSR count). The number of hydrogen-bond donors (Lipinski definition) is 1. The molecule has 1 aliphatic heterocycles. The smallest absolute Gasteiger partial charge is 0.245 e. The van der Waals surface area contributed by atoms with Crippen LogP contribution in [0.3, 0.4) is 0 Å². The third-order valence-electron chi connectivity index (χ3n) is 3.60. The van der Waals surface area contributed by atoms with E-state index in [4.69, 9.17) is 5.73 Å². The van der Waals surface area contributed by atoms with Crippen LogP contribution in [0.25, 0.3) is 0 Å². The van der Waals surface area contributed by atoms with E-state index in [1.165, 1.54) is 16.4 Å². The van der Waals surface area contributed by atoms with Gasteiger partial charge in [-0.3, -0.25) is 0 Å². The number of rotatable bonds is 3. The van der Waals surface area contributed by atoms with E-state index in [0.717, 1.165) is 38.0 Å². The van der Waals surface area contributed by atoms with Crippen LogP contribution in [0.4, 0.5) is 5.69 Å². The maximum atomic E-state index is 12.7. The third kappa shape index (κ3) is 3.56. The first-order chi connectivity index (χ1) is 9.73. The summed E-state index contributed by atoms with van der Waals surface area (Å²) in [6.07, 6.45) is 4.67. The summed E-state index contributed by atoms with van der Waals surface area (Å²) in [6, 6.07) is 3.82. The van der Waals surface area contributed by atoms with Crippen LogP contribution >= 0.6 is 0 Å². The van der Waals surface area contributed by atoms with Gasteiger partial charge in [-0.2, -0.15) is 4.31 Å². The lowest BCUT2D eigenvalue weighted by Gasteiger charge is -2.21. The van der Waals surface area contributed by atoms with Gasteiger partial charge >= 0.3 is 0 Å². The van der Waals surface area contributed by atoms with Gasteiger partial charge in [0.15, 0.2) is 9.84 Å². The molecule has 0 aliphatic carbocycles. The molecule has 6 nitrogen and oxygen atoms in total. The number of hydrogen-bond acceptors (Lipinski definition) is 5. The van der Waals surface area contributed by atoms with Crippen LogP contribution < -0.4 is 5.73 Å². The molecule has 0 bridgehead atoms. The van der Waals surface area contributed by atoms with E-state index in [2.05, 4.69) is 0 Å². The van der Waals surface area contributed by atoms with E-state index in [1.54, 1.807) is 0 Å². The standard InChI is InChI=1S/C13H20N2O4S2/c1-20(16,17)11-6-7-12(14)13(10-11)21(18,19)15-8-4-2-3-5-9-15/h6-7,10H,2-5,8-9,14H2,1H3. The molecule has 21 heavy (non-hydrogen) atoms. The van der Waals surface area contributed by atoms with E-state index < -0.39 is 19.9 Å². The fourth-order valence-corrected chi connectivity index (χ4v) is 4.77. The van der Waals surface area contributed by atoms with E-state index >= 15 is 0 Å². The highest BCUT2D eigenvalue weighted by atomic mass is 32.2. The molecule has 0 radical (unpaired) electrons. The first-order valence-corrected chi connectivity index (χ1v) is 10.2. The molecule has 0 amide bonds. The zero-order valence-corrected chi connectivity index (χ0v) is 13.6. The predicted molar refractivity (Wildman–Crippen MR) is 81.2 cm³/mol. The van der Waals surface area contributed by atoms with Crippen molar-refractivity contribution in [1.82, 2.24) is 4.31 Å². The molecule has 0 unspecified atom stereocenters. The molecule has 0 atom stereocenters. The van der Waals surface area contributed by atoms with Crippen LogP contribution in [0, 0.1) is 0 Å². The van der Waals surface area contributed by atoms with E-state index in [1.807, 2.05) is 0 Å². The van der Waals surface area contributed by atoms with Gasteiger partial charge in [0.05, 0.1) is 10.6 Å². The second-order valence-corrected chi connectivity index (χ2v) is 9.21. The van der Waals surface area contributed by atoms with Crippen LogP contribution in [0.5, 0.6) is 0 Å². The highest BCUT2D eigenvalue weighted by Crippen LogP contribution is 2.27. The summed E-state index contributed by atoms with van der Waals surface area (Å²) in [5.74, 6) is 0. The summed E-state index contributed by atoms with van der Waals surface area (Å²) in [7, 11) is -7.23. The first kappa shape index (κ1) is 16.3. The van der Waals surface area contributed by atoms with Crippen molar-refractivity contribution in [3.8, 4) is 0 Å². The summed E-state index contributed by atoms with van der Waals surface area (Å²) in [6.45, 7) is 0.899. The number of benzene rings is 1. The normalized spacial score (nSPS) is 18.3. The Labute approximate surface area is 125 Å². The maximum absolute atomic E-state index is 12.7. The topological polar surface area (TPSA) is 97.5 Å². The Morgan fingerprint density at radius 3 is 2.10 bits per heavy atom. The summed E-state index contributed by atoms with van der Waals surface area (Å²) >= 11 is 0. The Hall–Kier alpha value is -1.12. The molecule has 8 heteroatoms. The molecule has 1 aromatic carbocycles. The minimum absolute atomic E-state index is 0.0369. The molecule has 0 spiro atoms. The second-order valence-electron chi connectivity index (χ2n) is 5.29. The minimum Gasteiger partial charge on any atom is -0.398 e. The van der Waals surface area contributed by atoms with Crippen LogP contribution in [0.2, 0.25) is 0 Å². The number of nitrogen functional groups attached to an aromatic ring is 1. The minimum atomic E-state index is -3.75. The van der Waals surface area contributed by atoms with Crippen molar-refractivity contribution >= 4 is 25.5 Å². The Bertz CT molecular complexity index is 719. The van der Waals surface area contributed by atoms with Crippen molar-refractivity contribution in [2.45, 2.75) is 35.5 Å². The fourth-order valence-electron chi connectivity index (χ4n) is 2.39. The van der Waals surface area contributed by atoms with Crippen molar-refractivity contribution in [3.63, 3.8) is 0 Å². The zero-order chi connectivity index (χ0) is 15.7. The highest BCUT2D eigenvalue weighted by Gasteiger charge is 2.28. The summed E-state index contributed by atoms with van der Waals surface area (Å²) in [5, 5.41) is 0. The van der Waals surface area contributed by atoms with E-state index in [-0.39, 0.29) is 15.5 Å². The van der Waals surface area contributed by atoms with Gasteiger partial charge in [0.1, 0.15) is 4.90 Å². The maximum Gasteiger partial charge on any atom is 0.245 e. The molecular formula is C13H20N2O4S2. The lowest BCUT2D eigenvalue weighted by molar-refractivity contribution is 0.424. The Kier molecular flexibility index (Phi) is 4.60. The van der Waals surface area contributed by atoms with Crippen LogP contribution in [0.1, 0.15) is 25.7 Å². The number of anilines is 1. The number of sulfone groups is 1. The van der Waals surface area contributed by atoms with Gasteiger partial charge in [-0.25, -0.2) is 16.8 Å². The molecular weight excluding hydrogens is 312 g/mol. The van der Waals surface area contributed by atoms with Crippen molar-refractivity contribution in [2.24, 2.45) is 0 Å². The molecule has 1 aliphatic rings. The number of sulfonamides is 1. The lowest BCUT2D eigenvalue weighted by Crippen LogP contribution is -2.32. The molecule has 118 valence electrons. The summed E-state index contributed by atoms with van der Waals surface area (Å²) in [5.41, 5.74) is 5.84. The monoisotopic (exact) mass is 332 g/mol. The van der Waals surface area contributed by atoms with Gasteiger partial charge in [-0.1, -0.05) is 12.8 Å². The van der Waals surface area contributed by atoms with Crippen molar-refractivity contribution in [3.05, 3.63) is 18.2 Å². The molecule has 1 fully saturated rings. The van der Waals surface area contributed by atoms with Gasteiger partial charge in [0, 0.05) is 19.3 Å². The Morgan fingerprint density at radius 2 is 1.57 bits per heavy atom. The van der Waals surface area contributed by atoms with Gasteiger partial charge in [-0.15, -0.1) is 0 Å². The van der Waals surface area contributed by atoms with Gasteiger partial charge in [0.25, 0.3) is 0 Å². The van der Waals surface area contributed by atoms with Gasteiger partial charge < -0.3 is 5.73 Å². The van der Waals surface area contributed by atoms with Crippen molar-refractivity contribution < 1.29 is 16.8 Å². The Morgan fingerprint density at radius 1 is 1.00 bits per heavy atom. The van der Waals surface area contributed by atoms with Crippen molar-refractivity contribution in [2.75, 3.05) is 25.1 Å². The quantitative estimate of drug-likeness (QED) is 0.840. The third-order valence-corrected chi connectivity index (χ3v) is 6.66. The SMILES string of the molecule is CS(=O)(=O)c1ccc(N)c(S(=O)(=O)N2CCCCCC2)c1. The zero-order valence-electron chi connectivity index (χ0n) is 11.9. The molecule has 1 aromatic rings. The first-order valence-electron chi connectivity index (χ1n) is 6.82. The summed E-state index contributed by atoms with van der Waals surface area (Å²) in [4.78, 5) is -0.155. The largest absolute Gasteiger partial charge is 0.398 e. The van der Waals surface area contributed by atoms with Gasteiger partial charge in [0.2, 0.25) is 10.0 Å². The summed E-state index contributed by atoms with van der Waals surface area (Å²) < 4.78 is 50.0. The van der Waals surface area contributed by atoms with E-state index in [0.29, 0.717) is 13.1 Å². The van der Waals surface area contributed by atoms with E-state index in [9.17, 15) is 16.8 Å². The van der Waals surface area contributed by atoms with Crippen LogP contribution in [-0.4, -0.2) is 40.5 Å². The van der Waals surface area contributed by atoms with Gasteiger partial charge in [-0.05, 0) is 31.0 Å². The van der Waals surface area contributed by atoms with Crippen molar-refractivity contribution in [1.29, 1.82) is 0 Å². The predicted octanol–water partition coefficient (Wildman–Crippen LogP) is 1.24.